The summed E-state index contributed by atoms with van der Waals surface area (Å²) in [4.78, 5) is 12.2. The van der Waals surface area contributed by atoms with Gasteiger partial charge in [-0.15, -0.1) is 0 Å². The number of anilines is 2. The van der Waals surface area contributed by atoms with Crippen LogP contribution in [0.1, 0.15) is 21.5 Å². The van der Waals surface area contributed by atoms with Gasteiger partial charge >= 0.3 is 0 Å². The van der Waals surface area contributed by atoms with Gasteiger partial charge in [0.1, 0.15) is 0 Å². The number of para-hydroxylation sites is 1. The van der Waals surface area contributed by atoms with Gasteiger partial charge in [-0.25, -0.2) is 0 Å². The summed E-state index contributed by atoms with van der Waals surface area (Å²) in [5.41, 5.74) is 9.35. The smallest absolute Gasteiger partial charge is 0.257 e. The zero-order valence-electron chi connectivity index (χ0n) is 10.8. The first-order valence-electron chi connectivity index (χ1n) is 5.91. The number of nitrogen functional groups attached to an aromatic ring is 1. The van der Waals surface area contributed by atoms with Crippen LogP contribution in [0.25, 0.3) is 0 Å². The van der Waals surface area contributed by atoms with E-state index in [1.54, 1.807) is 18.2 Å². The molecule has 0 bridgehead atoms. The molecule has 0 atom stereocenters. The van der Waals surface area contributed by atoms with Gasteiger partial charge in [-0.1, -0.05) is 29.8 Å². The summed E-state index contributed by atoms with van der Waals surface area (Å²) in [6.07, 6.45) is 0. The Morgan fingerprint density at radius 2 is 1.95 bits per heavy atom. The van der Waals surface area contributed by atoms with Crippen molar-refractivity contribution < 1.29 is 4.79 Å². The van der Waals surface area contributed by atoms with Crippen LogP contribution in [0, 0.1) is 13.8 Å². The standard InChI is InChI=1S/C15H15ClN2O/c1-9-6-7-12(16)13(8-9)18-15(19)11-5-3-4-10(2)14(11)17/h3-8H,17H2,1-2H3,(H,18,19). The van der Waals surface area contributed by atoms with E-state index in [0.29, 0.717) is 22.0 Å². The molecule has 2 aromatic rings. The number of carbonyl (C=O) groups excluding carboxylic acids is 1. The molecule has 0 spiro atoms. The number of carbonyl (C=O) groups is 1. The Kier molecular flexibility index (Phi) is 3.76. The lowest BCUT2D eigenvalue weighted by molar-refractivity contribution is 0.102. The molecule has 2 rings (SSSR count). The molecule has 0 aromatic heterocycles. The van der Waals surface area contributed by atoms with Crippen LogP contribution in [-0.4, -0.2) is 5.91 Å². The lowest BCUT2D eigenvalue weighted by atomic mass is 10.1. The van der Waals surface area contributed by atoms with Crippen LogP contribution in [-0.2, 0) is 0 Å². The molecular formula is C15H15ClN2O. The topological polar surface area (TPSA) is 55.1 Å². The Balaban J connectivity index is 2.31. The van der Waals surface area contributed by atoms with Gasteiger partial charge in [-0.05, 0) is 43.2 Å². The molecule has 2 aromatic carbocycles. The molecule has 0 unspecified atom stereocenters. The van der Waals surface area contributed by atoms with E-state index in [0.717, 1.165) is 11.1 Å². The van der Waals surface area contributed by atoms with E-state index < -0.39 is 0 Å². The molecule has 19 heavy (non-hydrogen) atoms. The third-order valence-corrected chi connectivity index (χ3v) is 3.27. The Morgan fingerprint density at radius 3 is 2.68 bits per heavy atom. The summed E-state index contributed by atoms with van der Waals surface area (Å²) in [6, 6.07) is 10.8. The molecular weight excluding hydrogens is 260 g/mol. The number of halogens is 1. The monoisotopic (exact) mass is 274 g/mol. The van der Waals surface area contributed by atoms with Gasteiger partial charge in [0.05, 0.1) is 16.3 Å². The molecule has 98 valence electrons. The zero-order chi connectivity index (χ0) is 14.0. The van der Waals surface area contributed by atoms with Crippen LogP contribution >= 0.6 is 11.6 Å². The van der Waals surface area contributed by atoms with Crippen LogP contribution in [0.5, 0.6) is 0 Å². The van der Waals surface area contributed by atoms with Gasteiger partial charge in [0.25, 0.3) is 5.91 Å². The predicted molar refractivity (Wildman–Crippen MR) is 79.7 cm³/mol. The highest BCUT2D eigenvalue weighted by Gasteiger charge is 2.12. The first kappa shape index (κ1) is 13.4. The number of rotatable bonds is 2. The highest BCUT2D eigenvalue weighted by molar-refractivity contribution is 6.34. The van der Waals surface area contributed by atoms with Crippen molar-refractivity contribution in [2.24, 2.45) is 0 Å². The molecule has 4 heteroatoms. The van der Waals surface area contributed by atoms with E-state index >= 15 is 0 Å². The van der Waals surface area contributed by atoms with Gasteiger partial charge in [-0.3, -0.25) is 4.79 Å². The summed E-state index contributed by atoms with van der Waals surface area (Å²) in [7, 11) is 0. The lowest BCUT2D eigenvalue weighted by Gasteiger charge is -2.11. The van der Waals surface area contributed by atoms with Crippen molar-refractivity contribution in [3.8, 4) is 0 Å². The average molecular weight is 275 g/mol. The van der Waals surface area contributed by atoms with Gasteiger partial charge in [0.2, 0.25) is 0 Å². The van der Waals surface area contributed by atoms with E-state index in [-0.39, 0.29) is 5.91 Å². The van der Waals surface area contributed by atoms with Gasteiger partial charge in [0, 0.05) is 5.69 Å². The minimum Gasteiger partial charge on any atom is -0.398 e. The second kappa shape index (κ2) is 5.33. The summed E-state index contributed by atoms with van der Waals surface area (Å²) in [5, 5.41) is 3.29. The Bertz CT molecular complexity index is 638. The minimum atomic E-state index is -0.256. The number of hydrogen-bond acceptors (Lipinski definition) is 2. The van der Waals surface area contributed by atoms with Crippen LogP contribution in [0.2, 0.25) is 5.02 Å². The molecule has 0 aliphatic carbocycles. The maximum absolute atomic E-state index is 12.2. The number of benzene rings is 2. The van der Waals surface area contributed by atoms with E-state index in [1.165, 1.54) is 0 Å². The van der Waals surface area contributed by atoms with Crippen molar-refractivity contribution in [3.05, 3.63) is 58.1 Å². The quantitative estimate of drug-likeness (QED) is 0.819. The summed E-state index contributed by atoms with van der Waals surface area (Å²) >= 11 is 6.05. The summed E-state index contributed by atoms with van der Waals surface area (Å²) in [5.74, 6) is -0.256. The van der Waals surface area contributed by atoms with Crippen molar-refractivity contribution in [2.45, 2.75) is 13.8 Å². The van der Waals surface area contributed by atoms with Crippen molar-refractivity contribution >= 4 is 28.9 Å². The van der Waals surface area contributed by atoms with Crippen molar-refractivity contribution in [1.29, 1.82) is 0 Å². The summed E-state index contributed by atoms with van der Waals surface area (Å²) in [6.45, 7) is 3.80. The molecule has 0 heterocycles. The fraction of sp³-hybridized carbons (Fsp3) is 0.133. The third-order valence-electron chi connectivity index (χ3n) is 2.94. The van der Waals surface area contributed by atoms with E-state index in [1.807, 2.05) is 32.0 Å². The highest BCUT2D eigenvalue weighted by Crippen LogP contribution is 2.24. The number of hydrogen-bond donors (Lipinski definition) is 2. The normalized spacial score (nSPS) is 10.3. The largest absolute Gasteiger partial charge is 0.398 e. The molecule has 1 amide bonds. The molecule has 0 saturated heterocycles. The van der Waals surface area contributed by atoms with Crippen molar-refractivity contribution in [1.82, 2.24) is 0 Å². The molecule has 0 fully saturated rings. The number of nitrogens with one attached hydrogen (secondary N) is 1. The first-order chi connectivity index (χ1) is 8.99. The maximum atomic E-state index is 12.2. The van der Waals surface area contributed by atoms with Crippen molar-refractivity contribution in [3.63, 3.8) is 0 Å². The molecule has 3 nitrogen and oxygen atoms in total. The second-order valence-electron chi connectivity index (χ2n) is 4.47. The summed E-state index contributed by atoms with van der Waals surface area (Å²) < 4.78 is 0. The van der Waals surface area contributed by atoms with Crippen LogP contribution in [0.3, 0.4) is 0 Å². The van der Waals surface area contributed by atoms with Gasteiger partial charge in [0.15, 0.2) is 0 Å². The SMILES string of the molecule is Cc1ccc(Cl)c(NC(=O)c2cccc(C)c2N)c1. The van der Waals surface area contributed by atoms with Gasteiger partial charge < -0.3 is 11.1 Å². The minimum absolute atomic E-state index is 0.256. The van der Waals surface area contributed by atoms with E-state index in [4.69, 9.17) is 17.3 Å². The van der Waals surface area contributed by atoms with Crippen LogP contribution < -0.4 is 11.1 Å². The Hall–Kier alpha value is -2.00. The average Bonchev–Trinajstić information content (AvgIpc) is 2.37. The molecule has 0 radical (unpaired) electrons. The fourth-order valence-corrected chi connectivity index (χ4v) is 1.97. The Labute approximate surface area is 117 Å². The molecule has 3 N–H and O–H groups in total. The third kappa shape index (κ3) is 2.88. The molecule has 0 saturated carbocycles. The van der Waals surface area contributed by atoms with Gasteiger partial charge in [-0.2, -0.15) is 0 Å². The Morgan fingerprint density at radius 1 is 1.21 bits per heavy atom. The maximum Gasteiger partial charge on any atom is 0.257 e. The fourth-order valence-electron chi connectivity index (χ4n) is 1.80. The van der Waals surface area contributed by atoms with Crippen molar-refractivity contribution in [2.75, 3.05) is 11.1 Å². The predicted octanol–water partition coefficient (Wildman–Crippen LogP) is 3.79. The van der Waals surface area contributed by atoms with E-state index in [2.05, 4.69) is 5.32 Å². The van der Waals surface area contributed by atoms with Crippen LogP contribution in [0.15, 0.2) is 36.4 Å². The second-order valence-corrected chi connectivity index (χ2v) is 4.88. The number of amides is 1. The number of nitrogens with two attached hydrogens (primary N) is 1. The van der Waals surface area contributed by atoms with Crippen LogP contribution in [0.4, 0.5) is 11.4 Å². The lowest BCUT2D eigenvalue weighted by Crippen LogP contribution is -2.15. The molecule has 0 aliphatic heterocycles. The number of aryl methyl sites for hydroxylation is 2. The highest BCUT2D eigenvalue weighted by atomic mass is 35.5. The zero-order valence-corrected chi connectivity index (χ0v) is 11.6. The van der Waals surface area contributed by atoms with E-state index in [9.17, 15) is 4.79 Å². The molecule has 0 aliphatic rings. The first-order valence-corrected chi connectivity index (χ1v) is 6.29.